The number of nitrogens with zero attached hydrogens (tertiary/aromatic N) is 2. The Morgan fingerprint density at radius 2 is 2.22 bits per heavy atom. The average Bonchev–Trinajstić information content (AvgIpc) is 2.76. The number of nitrogens with one attached hydrogen (secondary N) is 1. The Morgan fingerprint density at radius 3 is 2.83 bits per heavy atom. The van der Waals surface area contributed by atoms with Crippen molar-refractivity contribution >= 4 is 11.6 Å². The third kappa shape index (κ3) is 3.48. The molecular formula is C13H22N4O. The summed E-state index contributed by atoms with van der Waals surface area (Å²) in [6, 6.07) is 0. The molecule has 5 nitrogen and oxygen atoms in total. The summed E-state index contributed by atoms with van der Waals surface area (Å²) in [5, 5.41) is 7.06. The fourth-order valence-corrected chi connectivity index (χ4v) is 2.46. The highest BCUT2D eigenvalue weighted by molar-refractivity contribution is 5.78. The molecule has 1 fully saturated rings. The van der Waals surface area contributed by atoms with Crippen LogP contribution in [0.1, 0.15) is 32.6 Å². The van der Waals surface area contributed by atoms with Crippen LogP contribution in [0.3, 0.4) is 0 Å². The van der Waals surface area contributed by atoms with E-state index in [0.29, 0.717) is 18.8 Å². The number of carbonyl (C=O) groups excluding carboxylic acids is 1. The maximum atomic E-state index is 11.9. The second kappa shape index (κ2) is 5.89. The van der Waals surface area contributed by atoms with Gasteiger partial charge in [0.25, 0.3) is 0 Å². The fraction of sp³-hybridized carbons (Fsp3) is 0.692. The van der Waals surface area contributed by atoms with Crippen LogP contribution in [0.25, 0.3) is 0 Å². The zero-order valence-corrected chi connectivity index (χ0v) is 10.9. The molecule has 0 atom stereocenters. The molecule has 1 aromatic rings. The molecule has 1 aliphatic carbocycles. The molecule has 0 spiro atoms. The quantitative estimate of drug-likeness (QED) is 0.848. The maximum Gasteiger partial charge on any atom is 0.223 e. The van der Waals surface area contributed by atoms with Crippen molar-refractivity contribution in [1.82, 2.24) is 15.1 Å². The van der Waals surface area contributed by atoms with E-state index >= 15 is 0 Å². The van der Waals surface area contributed by atoms with Crippen LogP contribution in [0.4, 0.5) is 5.69 Å². The van der Waals surface area contributed by atoms with E-state index in [0.717, 1.165) is 18.8 Å². The lowest BCUT2D eigenvalue weighted by molar-refractivity contribution is -0.126. The lowest BCUT2D eigenvalue weighted by atomic mass is 9.82. The predicted octanol–water partition coefficient (Wildman–Crippen LogP) is 1.41. The number of amides is 1. The van der Waals surface area contributed by atoms with Crippen LogP contribution in [0.2, 0.25) is 0 Å². The number of hydrogen-bond acceptors (Lipinski definition) is 3. The molecule has 0 unspecified atom stereocenters. The van der Waals surface area contributed by atoms with E-state index in [1.807, 2.05) is 0 Å². The van der Waals surface area contributed by atoms with Crippen molar-refractivity contribution in [2.75, 3.05) is 12.3 Å². The van der Waals surface area contributed by atoms with E-state index in [2.05, 4.69) is 17.3 Å². The first-order valence-electron chi connectivity index (χ1n) is 6.71. The van der Waals surface area contributed by atoms with Crippen LogP contribution >= 0.6 is 0 Å². The van der Waals surface area contributed by atoms with E-state index in [1.54, 1.807) is 17.1 Å². The molecule has 100 valence electrons. The van der Waals surface area contributed by atoms with E-state index in [4.69, 9.17) is 5.73 Å². The van der Waals surface area contributed by atoms with Gasteiger partial charge in [0.15, 0.2) is 0 Å². The van der Waals surface area contributed by atoms with Crippen LogP contribution in [0, 0.1) is 11.8 Å². The summed E-state index contributed by atoms with van der Waals surface area (Å²) in [4.78, 5) is 11.9. The van der Waals surface area contributed by atoms with Gasteiger partial charge in [-0.1, -0.05) is 6.92 Å². The first kappa shape index (κ1) is 12.9. The first-order chi connectivity index (χ1) is 8.65. The van der Waals surface area contributed by atoms with E-state index in [-0.39, 0.29) is 11.8 Å². The number of anilines is 1. The van der Waals surface area contributed by atoms with Crippen molar-refractivity contribution in [3.8, 4) is 0 Å². The third-order valence-electron chi connectivity index (χ3n) is 3.68. The largest absolute Gasteiger partial charge is 0.396 e. The minimum Gasteiger partial charge on any atom is -0.396 e. The molecule has 1 saturated carbocycles. The summed E-state index contributed by atoms with van der Waals surface area (Å²) in [5.74, 6) is 1.19. The van der Waals surface area contributed by atoms with Gasteiger partial charge in [-0.3, -0.25) is 9.48 Å². The van der Waals surface area contributed by atoms with Gasteiger partial charge in [0, 0.05) is 18.7 Å². The number of carbonyl (C=O) groups is 1. The van der Waals surface area contributed by atoms with Crippen LogP contribution in [0.15, 0.2) is 12.4 Å². The van der Waals surface area contributed by atoms with Crippen molar-refractivity contribution in [2.45, 2.75) is 39.2 Å². The van der Waals surface area contributed by atoms with E-state index in [1.165, 1.54) is 12.8 Å². The van der Waals surface area contributed by atoms with Crippen LogP contribution < -0.4 is 11.1 Å². The van der Waals surface area contributed by atoms with Crippen molar-refractivity contribution in [3.63, 3.8) is 0 Å². The van der Waals surface area contributed by atoms with Crippen LogP contribution in [-0.4, -0.2) is 22.2 Å². The molecule has 3 N–H and O–H groups in total. The molecule has 1 amide bonds. The summed E-state index contributed by atoms with van der Waals surface area (Å²) in [6.07, 6.45) is 7.80. The number of nitrogens with two attached hydrogens (primary N) is 1. The Balaban J connectivity index is 1.68. The Morgan fingerprint density at radius 1 is 1.50 bits per heavy atom. The molecule has 1 aliphatic rings. The SMILES string of the molecule is CC1CCC(C(=O)NCCn2cc(N)cn2)CC1. The van der Waals surface area contributed by atoms with Gasteiger partial charge in [0.2, 0.25) is 5.91 Å². The minimum atomic E-state index is 0.196. The van der Waals surface area contributed by atoms with Gasteiger partial charge in [0.05, 0.1) is 18.4 Å². The number of hydrogen-bond donors (Lipinski definition) is 2. The standard InChI is InChI=1S/C13H22N4O/c1-10-2-4-11(5-3-10)13(18)15-6-7-17-9-12(14)8-16-17/h8-11H,2-7,14H2,1H3,(H,15,18). The van der Waals surface area contributed by atoms with Crippen molar-refractivity contribution in [2.24, 2.45) is 11.8 Å². The lowest BCUT2D eigenvalue weighted by Crippen LogP contribution is -2.34. The molecule has 2 rings (SSSR count). The second-order valence-electron chi connectivity index (χ2n) is 5.28. The summed E-state index contributed by atoms with van der Waals surface area (Å²) < 4.78 is 1.75. The van der Waals surface area contributed by atoms with E-state index in [9.17, 15) is 4.79 Å². The van der Waals surface area contributed by atoms with Crippen molar-refractivity contribution in [3.05, 3.63) is 12.4 Å². The Bertz CT molecular complexity index is 393. The predicted molar refractivity (Wildman–Crippen MR) is 70.8 cm³/mol. The number of nitrogen functional groups attached to an aromatic ring is 1. The lowest BCUT2D eigenvalue weighted by Gasteiger charge is -2.25. The first-order valence-corrected chi connectivity index (χ1v) is 6.71. The molecule has 0 aromatic carbocycles. The normalized spacial score (nSPS) is 23.8. The average molecular weight is 250 g/mol. The Labute approximate surface area is 108 Å². The van der Waals surface area contributed by atoms with Gasteiger partial charge in [-0.2, -0.15) is 5.10 Å². The van der Waals surface area contributed by atoms with Crippen LogP contribution in [0.5, 0.6) is 0 Å². The smallest absolute Gasteiger partial charge is 0.223 e. The van der Waals surface area contributed by atoms with Gasteiger partial charge in [-0.25, -0.2) is 0 Å². The van der Waals surface area contributed by atoms with Gasteiger partial charge in [-0.15, -0.1) is 0 Å². The number of aromatic nitrogens is 2. The summed E-state index contributed by atoms with van der Waals surface area (Å²) in [6.45, 7) is 3.55. The third-order valence-corrected chi connectivity index (χ3v) is 3.68. The monoisotopic (exact) mass is 250 g/mol. The zero-order chi connectivity index (χ0) is 13.0. The molecule has 0 radical (unpaired) electrons. The molecule has 0 aliphatic heterocycles. The summed E-state index contributed by atoms with van der Waals surface area (Å²) in [5.41, 5.74) is 6.22. The number of rotatable bonds is 4. The molecule has 1 heterocycles. The fourth-order valence-electron chi connectivity index (χ4n) is 2.46. The molecule has 1 aromatic heterocycles. The highest BCUT2D eigenvalue weighted by Gasteiger charge is 2.23. The van der Waals surface area contributed by atoms with Crippen molar-refractivity contribution in [1.29, 1.82) is 0 Å². The zero-order valence-electron chi connectivity index (χ0n) is 10.9. The minimum absolute atomic E-state index is 0.196. The highest BCUT2D eigenvalue weighted by atomic mass is 16.1. The second-order valence-corrected chi connectivity index (χ2v) is 5.28. The van der Waals surface area contributed by atoms with Gasteiger partial charge >= 0.3 is 0 Å². The van der Waals surface area contributed by atoms with Gasteiger partial charge in [0.1, 0.15) is 0 Å². The highest BCUT2D eigenvalue weighted by Crippen LogP contribution is 2.28. The van der Waals surface area contributed by atoms with Gasteiger partial charge in [-0.05, 0) is 31.6 Å². The maximum absolute atomic E-state index is 11.9. The Hall–Kier alpha value is -1.52. The summed E-state index contributed by atoms with van der Waals surface area (Å²) in [7, 11) is 0. The molecule has 5 heteroatoms. The Kier molecular flexibility index (Phi) is 4.23. The summed E-state index contributed by atoms with van der Waals surface area (Å²) >= 11 is 0. The molecular weight excluding hydrogens is 228 g/mol. The molecule has 0 bridgehead atoms. The van der Waals surface area contributed by atoms with E-state index < -0.39 is 0 Å². The van der Waals surface area contributed by atoms with Crippen LogP contribution in [-0.2, 0) is 11.3 Å². The molecule has 18 heavy (non-hydrogen) atoms. The topological polar surface area (TPSA) is 72.9 Å². The van der Waals surface area contributed by atoms with Gasteiger partial charge < -0.3 is 11.1 Å². The van der Waals surface area contributed by atoms with Crippen molar-refractivity contribution < 1.29 is 4.79 Å². The molecule has 0 saturated heterocycles.